The van der Waals surface area contributed by atoms with E-state index in [1.165, 1.54) is 0 Å². The Labute approximate surface area is 131 Å². The van der Waals surface area contributed by atoms with Crippen molar-refractivity contribution in [3.8, 4) is 0 Å². The lowest BCUT2D eigenvalue weighted by molar-refractivity contribution is -0.133. The molecule has 0 radical (unpaired) electrons. The van der Waals surface area contributed by atoms with Crippen molar-refractivity contribution in [3.05, 3.63) is 18.0 Å². The van der Waals surface area contributed by atoms with Crippen molar-refractivity contribution in [1.29, 1.82) is 0 Å². The molecule has 0 unspecified atom stereocenters. The van der Waals surface area contributed by atoms with Gasteiger partial charge in [0.05, 0.1) is 12.3 Å². The monoisotopic (exact) mass is 306 g/mol. The molecule has 1 amide bonds. The average molecular weight is 306 g/mol. The van der Waals surface area contributed by atoms with E-state index >= 15 is 0 Å². The maximum atomic E-state index is 12.3. The Kier molecular flexibility index (Phi) is 4.78. The minimum Gasteiger partial charge on any atom is -0.391 e. The van der Waals surface area contributed by atoms with Gasteiger partial charge in [0.15, 0.2) is 0 Å². The van der Waals surface area contributed by atoms with Crippen molar-refractivity contribution >= 4 is 5.91 Å². The fraction of sp³-hybridized carbons (Fsp3) is 0.750. The van der Waals surface area contributed by atoms with Crippen LogP contribution in [-0.4, -0.2) is 68.9 Å². The molecule has 1 N–H and O–H groups in total. The number of aromatic nitrogens is 2. The summed E-state index contributed by atoms with van der Waals surface area (Å²) in [6.07, 6.45) is 7.25. The molecule has 22 heavy (non-hydrogen) atoms. The van der Waals surface area contributed by atoms with Gasteiger partial charge >= 0.3 is 0 Å². The third-order valence-corrected chi connectivity index (χ3v) is 4.90. The third-order valence-electron chi connectivity index (χ3n) is 4.90. The van der Waals surface area contributed by atoms with Gasteiger partial charge in [-0.1, -0.05) is 0 Å². The summed E-state index contributed by atoms with van der Waals surface area (Å²) in [5.74, 6) is 0.208. The van der Waals surface area contributed by atoms with Crippen molar-refractivity contribution in [2.75, 3.05) is 26.2 Å². The van der Waals surface area contributed by atoms with E-state index < -0.39 is 0 Å². The lowest BCUT2D eigenvalue weighted by atomic mass is 10.1. The molecule has 2 heterocycles. The van der Waals surface area contributed by atoms with Gasteiger partial charge in [-0.05, 0) is 31.7 Å². The molecule has 0 spiro atoms. The van der Waals surface area contributed by atoms with Crippen LogP contribution in [0.1, 0.15) is 31.2 Å². The van der Waals surface area contributed by atoms with Gasteiger partial charge in [-0.3, -0.25) is 14.4 Å². The van der Waals surface area contributed by atoms with Gasteiger partial charge in [-0.15, -0.1) is 0 Å². The molecule has 122 valence electrons. The molecule has 1 aliphatic heterocycles. The Morgan fingerprint density at radius 2 is 2.09 bits per heavy atom. The lowest BCUT2D eigenvalue weighted by Crippen LogP contribution is -2.53. The van der Waals surface area contributed by atoms with Gasteiger partial charge < -0.3 is 10.0 Å². The summed E-state index contributed by atoms with van der Waals surface area (Å²) < 4.78 is 1.83. The number of hydrogen-bond acceptors (Lipinski definition) is 4. The van der Waals surface area contributed by atoms with E-state index in [-0.39, 0.29) is 12.0 Å². The maximum absolute atomic E-state index is 12.3. The van der Waals surface area contributed by atoms with Crippen LogP contribution in [0.15, 0.2) is 12.4 Å². The van der Waals surface area contributed by atoms with Crippen LogP contribution < -0.4 is 0 Å². The fourth-order valence-corrected chi connectivity index (χ4v) is 3.61. The maximum Gasteiger partial charge on any atom is 0.224 e. The Balaban J connectivity index is 1.43. The van der Waals surface area contributed by atoms with Crippen LogP contribution in [0.3, 0.4) is 0 Å². The minimum atomic E-state index is -0.176. The topological polar surface area (TPSA) is 61.6 Å². The van der Waals surface area contributed by atoms with Gasteiger partial charge in [0.1, 0.15) is 0 Å². The van der Waals surface area contributed by atoms with Crippen LogP contribution in [0.25, 0.3) is 0 Å². The second-order valence-electron chi connectivity index (χ2n) is 6.51. The minimum absolute atomic E-state index is 0.176. The summed E-state index contributed by atoms with van der Waals surface area (Å²) in [5, 5.41) is 14.2. The second kappa shape index (κ2) is 6.79. The molecule has 0 aromatic carbocycles. The third kappa shape index (κ3) is 3.50. The Hall–Kier alpha value is -1.40. The molecule has 1 aromatic rings. The molecule has 1 saturated carbocycles. The van der Waals surface area contributed by atoms with Crippen LogP contribution in [0.4, 0.5) is 0 Å². The van der Waals surface area contributed by atoms with Crippen LogP contribution in [-0.2, 0) is 11.3 Å². The molecule has 6 heteroatoms. The number of carbonyl (C=O) groups is 1. The van der Waals surface area contributed by atoms with E-state index in [0.717, 1.165) is 51.0 Å². The number of aliphatic hydroxyl groups is 1. The molecular formula is C16H26N4O2. The van der Waals surface area contributed by atoms with Crippen LogP contribution in [0.5, 0.6) is 0 Å². The molecule has 2 atom stereocenters. The molecule has 2 fully saturated rings. The average Bonchev–Trinajstić information content (AvgIpc) is 3.13. The van der Waals surface area contributed by atoms with Crippen molar-refractivity contribution in [3.63, 3.8) is 0 Å². The number of aryl methyl sites for hydroxylation is 2. The zero-order valence-corrected chi connectivity index (χ0v) is 13.3. The number of nitrogens with zero attached hydrogens (tertiary/aromatic N) is 4. The van der Waals surface area contributed by atoms with E-state index in [2.05, 4.69) is 10.00 Å². The largest absolute Gasteiger partial charge is 0.391 e. The summed E-state index contributed by atoms with van der Waals surface area (Å²) in [7, 11) is 0. The van der Waals surface area contributed by atoms with Crippen molar-refractivity contribution in [1.82, 2.24) is 19.6 Å². The summed E-state index contributed by atoms with van der Waals surface area (Å²) in [6, 6.07) is 0.310. The smallest absolute Gasteiger partial charge is 0.224 e. The molecule has 6 nitrogen and oxygen atoms in total. The molecular weight excluding hydrogens is 280 g/mol. The van der Waals surface area contributed by atoms with Gasteiger partial charge in [-0.25, -0.2) is 0 Å². The highest BCUT2D eigenvalue weighted by atomic mass is 16.3. The van der Waals surface area contributed by atoms with E-state index in [4.69, 9.17) is 0 Å². The van der Waals surface area contributed by atoms with Crippen molar-refractivity contribution < 1.29 is 9.90 Å². The number of rotatable bonds is 4. The van der Waals surface area contributed by atoms with Crippen LogP contribution in [0, 0.1) is 6.92 Å². The van der Waals surface area contributed by atoms with E-state index in [0.29, 0.717) is 19.0 Å². The highest BCUT2D eigenvalue weighted by Gasteiger charge is 2.33. The first-order valence-electron chi connectivity index (χ1n) is 8.32. The lowest BCUT2D eigenvalue weighted by Gasteiger charge is -2.39. The van der Waals surface area contributed by atoms with Gasteiger partial charge in [-0.2, -0.15) is 5.10 Å². The highest BCUT2D eigenvalue weighted by molar-refractivity contribution is 5.76. The van der Waals surface area contributed by atoms with Gasteiger partial charge in [0.2, 0.25) is 5.91 Å². The summed E-state index contributed by atoms with van der Waals surface area (Å²) in [4.78, 5) is 16.6. The first-order valence-corrected chi connectivity index (χ1v) is 8.32. The number of carbonyl (C=O) groups excluding carboxylic acids is 1. The zero-order valence-electron chi connectivity index (χ0n) is 13.3. The Morgan fingerprint density at radius 1 is 1.32 bits per heavy atom. The van der Waals surface area contributed by atoms with E-state index in [1.54, 1.807) is 0 Å². The Morgan fingerprint density at radius 3 is 2.68 bits per heavy atom. The zero-order chi connectivity index (χ0) is 15.5. The first kappa shape index (κ1) is 15.5. The predicted octanol–water partition coefficient (Wildman–Crippen LogP) is 0.639. The predicted molar refractivity (Wildman–Crippen MR) is 83.4 cm³/mol. The molecule has 1 saturated heterocycles. The standard InChI is InChI=1S/C16H26N4O2/c1-13-11-17-20(12-13)6-5-16(22)19-9-7-18(8-10-19)14-3-2-4-15(14)21/h11-12,14-15,21H,2-10H2,1H3/t14-,15-/m0/s1. The molecule has 0 bridgehead atoms. The van der Waals surface area contributed by atoms with Crippen molar-refractivity contribution in [2.45, 2.75) is 51.3 Å². The molecule has 1 aromatic heterocycles. The van der Waals surface area contributed by atoms with E-state index in [9.17, 15) is 9.90 Å². The van der Waals surface area contributed by atoms with E-state index in [1.807, 2.05) is 28.9 Å². The Bertz CT molecular complexity index is 508. The molecule has 2 aliphatic rings. The SMILES string of the molecule is Cc1cnn(CCC(=O)N2CCN([C@H]3CCC[C@@H]3O)CC2)c1. The second-order valence-corrected chi connectivity index (χ2v) is 6.51. The number of aliphatic hydroxyl groups excluding tert-OH is 1. The summed E-state index contributed by atoms with van der Waals surface area (Å²) in [6.45, 7) is 5.97. The normalized spacial score (nSPS) is 26.5. The summed E-state index contributed by atoms with van der Waals surface area (Å²) >= 11 is 0. The van der Waals surface area contributed by atoms with Crippen molar-refractivity contribution in [2.24, 2.45) is 0 Å². The molecule has 1 aliphatic carbocycles. The molecule has 3 rings (SSSR count). The number of amides is 1. The quantitative estimate of drug-likeness (QED) is 0.887. The first-order chi connectivity index (χ1) is 10.6. The van der Waals surface area contributed by atoms with Gasteiger partial charge in [0.25, 0.3) is 0 Å². The van der Waals surface area contributed by atoms with Gasteiger partial charge in [0, 0.05) is 51.4 Å². The van der Waals surface area contributed by atoms with Crippen LogP contribution in [0.2, 0.25) is 0 Å². The fourth-order valence-electron chi connectivity index (χ4n) is 3.61. The van der Waals surface area contributed by atoms with Crippen LogP contribution >= 0.6 is 0 Å². The number of piperazine rings is 1. The summed E-state index contributed by atoms with van der Waals surface area (Å²) in [5.41, 5.74) is 1.12. The number of hydrogen-bond donors (Lipinski definition) is 1. The highest BCUT2D eigenvalue weighted by Crippen LogP contribution is 2.25.